The molecule has 0 aromatic rings. The minimum Gasteiger partial charge on any atom is -0.481 e. The molecule has 0 spiro atoms. The molecule has 316 valence electrons. The van der Waals surface area contributed by atoms with Crippen LogP contribution in [0, 0.1) is 0 Å². The van der Waals surface area contributed by atoms with E-state index in [0.29, 0.717) is 6.42 Å². The maximum atomic E-state index is 13.6. The Balaban J connectivity index is 2.74. The maximum Gasteiger partial charge on any atom is 0.472 e. The fourth-order valence-electron chi connectivity index (χ4n) is 6.28. The molecule has 19 heteroatoms. The van der Waals surface area contributed by atoms with Crippen molar-refractivity contribution in [2.24, 2.45) is 11.5 Å². The number of carboxylic acid groups (broad SMARTS) is 1. The van der Waals surface area contributed by atoms with Gasteiger partial charge >= 0.3 is 13.8 Å². The van der Waals surface area contributed by atoms with E-state index >= 15 is 0 Å². The van der Waals surface area contributed by atoms with Crippen molar-refractivity contribution in [2.45, 2.75) is 172 Å². The fraction of sp³-hybridized carbons (Fsp3) is 0.886. The molecule has 18 nitrogen and oxygen atoms in total. The van der Waals surface area contributed by atoms with Crippen molar-refractivity contribution < 1.29 is 67.6 Å². The van der Waals surface area contributed by atoms with Gasteiger partial charge in [0.15, 0.2) is 6.29 Å². The van der Waals surface area contributed by atoms with E-state index in [-0.39, 0.29) is 6.61 Å². The van der Waals surface area contributed by atoms with E-state index in [1.165, 1.54) is 64.7 Å². The van der Waals surface area contributed by atoms with Gasteiger partial charge in [-0.25, -0.2) is 4.57 Å². The van der Waals surface area contributed by atoms with Crippen LogP contribution in [0.3, 0.4) is 0 Å². The highest BCUT2D eigenvalue weighted by atomic mass is 31.2. The van der Waals surface area contributed by atoms with Crippen LogP contribution in [0.25, 0.3) is 0 Å². The number of aliphatic hydroxyl groups excluding tert-OH is 3. The SMILES string of the molecule is CCCCCCCCCCCCCCCCOP(=O)(O)OC[C@H](N)C(=O)N(CC(C)O[C@H]1[C@H](O)[C@@H](CO)O[C@H](O)[C@@H]1NC(C)=O)[C@H](CCC(=O)O)C(N)=O. The molecule has 0 radical (unpaired) electrons. The summed E-state index contributed by atoms with van der Waals surface area (Å²) in [5.74, 6) is -3.97. The van der Waals surface area contributed by atoms with E-state index in [1.54, 1.807) is 0 Å². The average molecular weight is 799 g/mol. The van der Waals surface area contributed by atoms with Crippen LogP contribution in [0.1, 0.15) is 124 Å². The third-order valence-corrected chi connectivity index (χ3v) is 10.2. The number of carbonyl (C=O) groups is 4. The lowest BCUT2D eigenvalue weighted by molar-refractivity contribution is -0.268. The molecule has 9 atom stereocenters. The number of nitrogens with two attached hydrogens (primary N) is 2. The topological polar surface area (TPSA) is 291 Å². The van der Waals surface area contributed by atoms with Crippen molar-refractivity contribution in [3.05, 3.63) is 0 Å². The Labute approximate surface area is 319 Å². The second-order valence-corrected chi connectivity index (χ2v) is 15.5. The first-order chi connectivity index (χ1) is 25.5. The van der Waals surface area contributed by atoms with Gasteiger partial charge in [-0.05, 0) is 19.8 Å². The molecule has 54 heavy (non-hydrogen) atoms. The zero-order valence-corrected chi connectivity index (χ0v) is 33.1. The first-order valence-electron chi connectivity index (χ1n) is 19.3. The molecule has 0 aromatic heterocycles. The van der Waals surface area contributed by atoms with Gasteiger partial charge < -0.3 is 56.5 Å². The first-order valence-corrected chi connectivity index (χ1v) is 20.8. The number of hydrogen-bond acceptors (Lipinski definition) is 13. The van der Waals surface area contributed by atoms with Gasteiger partial charge in [-0.3, -0.25) is 28.2 Å². The molecule has 0 bridgehead atoms. The Hall–Kier alpha value is -2.25. The van der Waals surface area contributed by atoms with E-state index < -0.39 is 113 Å². The van der Waals surface area contributed by atoms with Crippen LogP contribution in [0.2, 0.25) is 0 Å². The van der Waals surface area contributed by atoms with Crippen LogP contribution in [0.5, 0.6) is 0 Å². The Bertz CT molecular complexity index is 1150. The molecular formula is C35H67N4O14P. The van der Waals surface area contributed by atoms with E-state index in [9.17, 15) is 49.1 Å². The van der Waals surface area contributed by atoms with Gasteiger partial charge in [0.2, 0.25) is 17.7 Å². The molecule has 1 aliphatic rings. The Kier molecular flexibility index (Phi) is 25.2. The van der Waals surface area contributed by atoms with Gasteiger partial charge in [-0.1, -0.05) is 90.4 Å². The molecule has 1 rings (SSSR count). The number of rotatable bonds is 31. The van der Waals surface area contributed by atoms with Crippen LogP contribution in [0.4, 0.5) is 0 Å². The van der Waals surface area contributed by atoms with Crippen LogP contribution in [-0.4, -0.2) is 129 Å². The van der Waals surface area contributed by atoms with Gasteiger partial charge in [0.05, 0.1) is 25.9 Å². The molecule has 1 saturated heterocycles. The third kappa shape index (κ3) is 20.1. The lowest BCUT2D eigenvalue weighted by Crippen LogP contribution is -2.65. The zero-order chi connectivity index (χ0) is 40.7. The number of hydrogen-bond donors (Lipinski definition) is 8. The largest absolute Gasteiger partial charge is 0.481 e. The molecule has 10 N–H and O–H groups in total. The number of ether oxygens (including phenoxy) is 2. The molecule has 0 aliphatic carbocycles. The van der Waals surface area contributed by atoms with Crippen LogP contribution in [0.15, 0.2) is 0 Å². The fourth-order valence-corrected chi connectivity index (χ4v) is 7.06. The number of carboxylic acids is 1. The summed E-state index contributed by atoms with van der Waals surface area (Å²) < 4.78 is 33.7. The molecule has 2 unspecified atom stereocenters. The summed E-state index contributed by atoms with van der Waals surface area (Å²) in [5.41, 5.74) is 11.6. The van der Waals surface area contributed by atoms with Crippen LogP contribution < -0.4 is 16.8 Å². The highest BCUT2D eigenvalue weighted by molar-refractivity contribution is 7.47. The van der Waals surface area contributed by atoms with Gasteiger partial charge in [0.25, 0.3) is 0 Å². The molecule has 1 aliphatic heterocycles. The van der Waals surface area contributed by atoms with Crippen molar-refractivity contribution in [1.82, 2.24) is 10.2 Å². The third-order valence-electron chi connectivity index (χ3n) is 9.19. The number of aliphatic carboxylic acids is 1. The highest BCUT2D eigenvalue weighted by Crippen LogP contribution is 2.43. The lowest BCUT2D eigenvalue weighted by Gasteiger charge is -2.44. The summed E-state index contributed by atoms with van der Waals surface area (Å²) in [6.07, 6.45) is 7.97. The summed E-state index contributed by atoms with van der Waals surface area (Å²) in [4.78, 5) is 60.3. The van der Waals surface area contributed by atoms with Crippen molar-refractivity contribution in [3.63, 3.8) is 0 Å². The first kappa shape index (κ1) is 49.8. The summed E-state index contributed by atoms with van der Waals surface area (Å²) in [6.45, 7) is 2.72. The summed E-state index contributed by atoms with van der Waals surface area (Å²) in [5, 5.41) is 42.5. The molecule has 0 saturated carbocycles. The number of carbonyl (C=O) groups excluding carboxylic acids is 3. The van der Waals surface area contributed by atoms with E-state index in [1.807, 2.05) is 0 Å². The number of nitrogens with zero attached hydrogens (tertiary/aromatic N) is 1. The number of phosphoric acid groups is 1. The van der Waals surface area contributed by atoms with E-state index in [2.05, 4.69) is 12.2 Å². The van der Waals surface area contributed by atoms with Crippen molar-refractivity contribution in [2.75, 3.05) is 26.4 Å². The summed E-state index contributed by atoms with van der Waals surface area (Å²) in [7, 11) is -4.63. The number of phosphoric ester groups is 1. The second-order valence-electron chi connectivity index (χ2n) is 14.0. The summed E-state index contributed by atoms with van der Waals surface area (Å²) >= 11 is 0. The Morgan fingerprint density at radius 1 is 0.926 bits per heavy atom. The van der Waals surface area contributed by atoms with Gasteiger partial charge in [0.1, 0.15) is 36.4 Å². The highest BCUT2D eigenvalue weighted by Gasteiger charge is 2.47. The molecule has 0 aromatic carbocycles. The molecule has 1 heterocycles. The number of amides is 3. The standard InChI is InChI=1S/C35H67N4O14P/c1-4-5-6-7-8-9-10-11-12-13-14-15-16-17-20-50-54(48,49)51-23-26(36)34(46)39(27(33(37)45)18-19-29(42)43)21-24(2)52-32-30(38-25(3)41)35(47)53-28(22-40)31(32)44/h24,26-28,30-32,35,40,44,47H,4-23,36H2,1-3H3,(H2,37,45)(H,38,41)(H,42,43)(H,48,49)/t24?,26-,27+,28+,30+,31+,32+,35-/m0/s1. The Morgan fingerprint density at radius 2 is 1.46 bits per heavy atom. The monoisotopic (exact) mass is 798 g/mol. The average Bonchev–Trinajstić information content (AvgIpc) is 3.10. The van der Waals surface area contributed by atoms with Crippen molar-refractivity contribution >= 4 is 31.5 Å². The smallest absolute Gasteiger partial charge is 0.472 e. The molecule has 1 fully saturated rings. The lowest BCUT2D eigenvalue weighted by atomic mass is 9.96. The van der Waals surface area contributed by atoms with Gasteiger partial charge in [0, 0.05) is 19.9 Å². The second kappa shape index (κ2) is 27.4. The number of nitrogens with one attached hydrogen (secondary N) is 1. The van der Waals surface area contributed by atoms with E-state index in [0.717, 1.165) is 37.5 Å². The zero-order valence-electron chi connectivity index (χ0n) is 32.2. The summed E-state index contributed by atoms with van der Waals surface area (Å²) in [6, 6.07) is -4.48. The number of unbranched alkanes of at least 4 members (excludes halogenated alkanes) is 13. The Morgan fingerprint density at radius 3 is 1.94 bits per heavy atom. The normalized spacial score (nSPS) is 22.9. The van der Waals surface area contributed by atoms with Crippen molar-refractivity contribution in [1.29, 1.82) is 0 Å². The number of aliphatic hydroxyl groups is 3. The van der Waals surface area contributed by atoms with Crippen LogP contribution in [-0.2, 0) is 42.3 Å². The quantitative estimate of drug-likeness (QED) is 0.0367. The van der Waals surface area contributed by atoms with E-state index in [4.69, 9.17) is 30.0 Å². The number of primary amides is 1. The predicted molar refractivity (Wildman–Crippen MR) is 197 cm³/mol. The maximum absolute atomic E-state index is 13.6. The predicted octanol–water partition coefficient (Wildman–Crippen LogP) is 1.82. The molecular weight excluding hydrogens is 731 g/mol. The van der Waals surface area contributed by atoms with Crippen molar-refractivity contribution in [3.8, 4) is 0 Å². The minimum atomic E-state index is -4.63. The minimum absolute atomic E-state index is 0.0573. The van der Waals surface area contributed by atoms with Gasteiger partial charge in [-0.2, -0.15) is 0 Å². The molecule has 3 amide bonds. The van der Waals surface area contributed by atoms with Crippen LogP contribution >= 0.6 is 7.82 Å². The van der Waals surface area contributed by atoms with Gasteiger partial charge in [-0.15, -0.1) is 0 Å².